The van der Waals surface area contributed by atoms with Crippen LogP contribution in [0, 0.1) is 0 Å². The Kier molecular flexibility index (Phi) is 5.65. The van der Waals surface area contributed by atoms with Gasteiger partial charge in [0.05, 0.1) is 13.0 Å². The minimum atomic E-state index is -0.509. The van der Waals surface area contributed by atoms with Gasteiger partial charge in [0.1, 0.15) is 26.1 Å². The second-order valence-corrected chi connectivity index (χ2v) is 3.63. The van der Waals surface area contributed by atoms with E-state index in [1.165, 1.54) is 6.92 Å². The molecule has 0 aromatic heterocycles. The molecule has 1 saturated heterocycles. The number of esters is 2. The molecule has 0 aromatic rings. The smallest absolute Gasteiger partial charge is 0.333 e. The van der Waals surface area contributed by atoms with Crippen LogP contribution in [0.25, 0.3) is 0 Å². The molecule has 0 aliphatic carbocycles. The molecule has 1 unspecified atom stereocenters. The summed E-state index contributed by atoms with van der Waals surface area (Å²) in [6, 6.07) is 0. The topological polar surface area (TPSA) is 71.1 Å². The molecule has 0 bridgehead atoms. The van der Waals surface area contributed by atoms with E-state index < -0.39 is 11.9 Å². The lowest BCUT2D eigenvalue weighted by Gasteiger charge is -2.08. The highest BCUT2D eigenvalue weighted by molar-refractivity contribution is 5.87. The van der Waals surface area contributed by atoms with Gasteiger partial charge in [-0.05, 0) is 6.92 Å². The normalized spacial score (nSPS) is 18.8. The predicted molar refractivity (Wildman–Crippen MR) is 57.0 cm³/mol. The summed E-state index contributed by atoms with van der Waals surface area (Å²) in [4.78, 5) is 22.2. The molecule has 0 spiro atoms. The van der Waals surface area contributed by atoms with Gasteiger partial charge < -0.3 is 18.9 Å². The number of ether oxygens (including phenoxy) is 4. The Hall–Kier alpha value is -1.40. The Morgan fingerprint density at radius 3 is 2.76 bits per heavy atom. The average molecular weight is 244 g/mol. The molecule has 1 fully saturated rings. The quantitative estimate of drug-likeness (QED) is 0.498. The molecule has 1 atom stereocenters. The first-order valence-electron chi connectivity index (χ1n) is 5.27. The molecule has 6 nitrogen and oxygen atoms in total. The van der Waals surface area contributed by atoms with Crippen LogP contribution >= 0.6 is 0 Å². The van der Waals surface area contributed by atoms with Crippen molar-refractivity contribution in [3.63, 3.8) is 0 Å². The van der Waals surface area contributed by atoms with Crippen molar-refractivity contribution in [2.45, 2.75) is 19.4 Å². The maximum absolute atomic E-state index is 11.2. The number of hydrogen-bond acceptors (Lipinski definition) is 6. The van der Waals surface area contributed by atoms with Crippen LogP contribution in [0.2, 0.25) is 0 Å². The van der Waals surface area contributed by atoms with Gasteiger partial charge in [-0.3, -0.25) is 4.79 Å². The lowest BCUT2D eigenvalue weighted by atomic mass is 10.3. The summed E-state index contributed by atoms with van der Waals surface area (Å²) in [5, 5.41) is 0. The Morgan fingerprint density at radius 1 is 1.41 bits per heavy atom. The predicted octanol–water partition coefficient (Wildman–Crippen LogP) is 0.412. The Balaban J connectivity index is 2.04. The molecule has 1 rings (SSSR count). The zero-order valence-electron chi connectivity index (χ0n) is 9.77. The molecule has 0 radical (unpaired) electrons. The summed E-state index contributed by atoms with van der Waals surface area (Å²) in [6.45, 7) is 5.78. The standard InChI is InChI=1S/C11H16O6/c1-8(2)11(13)15-4-3-10(12)16-6-9-5-14-7-17-9/h9H,1,3-7H2,2H3. The zero-order chi connectivity index (χ0) is 12.7. The van der Waals surface area contributed by atoms with Gasteiger partial charge in [-0.15, -0.1) is 0 Å². The van der Waals surface area contributed by atoms with Gasteiger partial charge in [0.25, 0.3) is 0 Å². The fourth-order valence-corrected chi connectivity index (χ4v) is 1.08. The van der Waals surface area contributed by atoms with Crippen molar-refractivity contribution in [2.75, 3.05) is 26.6 Å². The summed E-state index contributed by atoms with van der Waals surface area (Å²) >= 11 is 0. The summed E-state index contributed by atoms with van der Waals surface area (Å²) in [6.07, 6.45) is -0.177. The largest absolute Gasteiger partial charge is 0.463 e. The van der Waals surface area contributed by atoms with Crippen molar-refractivity contribution in [1.29, 1.82) is 0 Å². The van der Waals surface area contributed by atoms with E-state index >= 15 is 0 Å². The van der Waals surface area contributed by atoms with E-state index in [1.807, 2.05) is 0 Å². The lowest BCUT2D eigenvalue weighted by molar-refractivity contribution is -0.149. The van der Waals surface area contributed by atoms with E-state index in [4.69, 9.17) is 18.9 Å². The Morgan fingerprint density at radius 2 is 2.18 bits per heavy atom. The second kappa shape index (κ2) is 7.03. The van der Waals surface area contributed by atoms with Gasteiger partial charge in [-0.1, -0.05) is 6.58 Å². The molecule has 0 N–H and O–H groups in total. The van der Waals surface area contributed by atoms with Crippen molar-refractivity contribution < 1.29 is 28.5 Å². The first-order valence-corrected chi connectivity index (χ1v) is 5.27. The van der Waals surface area contributed by atoms with E-state index in [1.54, 1.807) is 0 Å². The molecule has 1 aliphatic heterocycles. The van der Waals surface area contributed by atoms with E-state index in [0.717, 1.165) is 0 Å². The third-order valence-electron chi connectivity index (χ3n) is 2.01. The number of carbonyl (C=O) groups is 2. The van der Waals surface area contributed by atoms with Crippen LogP contribution in [0.5, 0.6) is 0 Å². The highest BCUT2D eigenvalue weighted by Crippen LogP contribution is 2.03. The maximum atomic E-state index is 11.2. The summed E-state index contributed by atoms with van der Waals surface area (Å²) < 4.78 is 19.7. The third-order valence-corrected chi connectivity index (χ3v) is 2.01. The van der Waals surface area contributed by atoms with Crippen LogP contribution in [0.15, 0.2) is 12.2 Å². The fraction of sp³-hybridized carbons (Fsp3) is 0.636. The number of rotatable bonds is 6. The third kappa shape index (κ3) is 5.46. The van der Waals surface area contributed by atoms with Crippen LogP contribution in [0.4, 0.5) is 0 Å². The SMILES string of the molecule is C=C(C)C(=O)OCCC(=O)OCC1COCO1. The molecule has 1 aliphatic rings. The van der Waals surface area contributed by atoms with Crippen LogP contribution < -0.4 is 0 Å². The van der Waals surface area contributed by atoms with Crippen LogP contribution in [0.1, 0.15) is 13.3 Å². The average Bonchev–Trinajstić information content (AvgIpc) is 2.78. The highest BCUT2D eigenvalue weighted by atomic mass is 16.7. The van der Waals surface area contributed by atoms with Crippen LogP contribution in [0.3, 0.4) is 0 Å². The first kappa shape index (κ1) is 13.7. The molecule has 96 valence electrons. The van der Waals surface area contributed by atoms with E-state index in [9.17, 15) is 9.59 Å². The van der Waals surface area contributed by atoms with Crippen molar-refractivity contribution in [2.24, 2.45) is 0 Å². The van der Waals surface area contributed by atoms with Crippen LogP contribution in [-0.4, -0.2) is 44.7 Å². The van der Waals surface area contributed by atoms with E-state index in [-0.39, 0.29) is 32.5 Å². The molecule has 0 saturated carbocycles. The Labute approximate surface area is 99.5 Å². The Bertz CT molecular complexity index is 292. The molecule has 0 amide bonds. The fourth-order valence-electron chi connectivity index (χ4n) is 1.08. The van der Waals surface area contributed by atoms with Gasteiger partial charge in [0.2, 0.25) is 0 Å². The van der Waals surface area contributed by atoms with Crippen molar-refractivity contribution in [3.8, 4) is 0 Å². The van der Waals surface area contributed by atoms with Gasteiger partial charge >= 0.3 is 11.9 Å². The summed E-state index contributed by atoms with van der Waals surface area (Å²) in [5.74, 6) is -0.944. The molecule has 1 heterocycles. The molecular weight excluding hydrogens is 228 g/mol. The van der Waals surface area contributed by atoms with Crippen molar-refractivity contribution in [1.82, 2.24) is 0 Å². The van der Waals surface area contributed by atoms with Gasteiger partial charge in [0.15, 0.2) is 0 Å². The zero-order valence-corrected chi connectivity index (χ0v) is 9.77. The molecule has 0 aromatic carbocycles. The van der Waals surface area contributed by atoms with Crippen molar-refractivity contribution in [3.05, 3.63) is 12.2 Å². The number of hydrogen-bond donors (Lipinski definition) is 0. The second-order valence-electron chi connectivity index (χ2n) is 3.63. The van der Waals surface area contributed by atoms with Crippen LogP contribution in [-0.2, 0) is 28.5 Å². The van der Waals surface area contributed by atoms with Crippen molar-refractivity contribution >= 4 is 11.9 Å². The van der Waals surface area contributed by atoms with E-state index in [0.29, 0.717) is 12.2 Å². The lowest BCUT2D eigenvalue weighted by Crippen LogP contribution is -2.21. The summed E-state index contributed by atoms with van der Waals surface area (Å²) in [7, 11) is 0. The monoisotopic (exact) mass is 244 g/mol. The minimum absolute atomic E-state index is 0.00739. The highest BCUT2D eigenvalue weighted by Gasteiger charge is 2.18. The minimum Gasteiger partial charge on any atom is -0.463 e. The van der Waals surface area contributed by atoms with Gasteiger partial charge in [-0.2, -0.15) is 0 Å². The van der Waals surface area contributed by atoms with Gasteiger partial charge in [0, 0.05) is 5.57 Å². The van der Waals surface area contributed by atoms with E-state index in [2.05, 4.69) is 6.58 Å². The first-order chi connectivity index (χ1) is 8.09. The molecule has 6 heteroatoms. The van der Waals surface area contributed by atoms with Gasteiger partial charge in [-0.25, -0.2) is 4.79 Å². The summed E-state index contributed by atoms with van der Waals surface area (Å²) in [5.41, 5.74) is 0.301. The molecule has 17 heavy (non-hydrogen) atoms. The maximum Gasteiger partial charge on any atom is 0.333 e. The molecular formula is C11H16O6. The number of carbonyl (C=O) groups excluding carboxylic acids is 2.